The number of imidazole rings is 1. The molecule has 0 radical (unpaired) electrons. The Morgan fingerprint density at radius 2 is 2.00 bits per heavy atom. The first kappa shape index (κ1) is 14.1. The van der Waals surface area contributed by atoms with Crippen molar-refractivity contribution >= 4 is 11.2 Å². The van der Waals surface area contributed by atoms with E-state index >= 15 is 0 Å². The third-order valence-electron chi connectivity index (χ3n) is 4.36. The lowest BCUT2D eigenvalue weighted by atomic mass is 9.95. The molecule has 2 aromatic heterocycles. The summed E-state index contributed by atoms with van der Waals surface area (Å²) in [6.45, 7) is 0.950. The minimum atomic E-state index is -0.298. The third-order valence-corrected chi connectivity index (χ3v) is 4.36. The van der Waals surface area contributed by atoms with E-state index in [2.05, 4.69) is 4.98 Å². The Bertz CT molecular complexity index is 764. The number of aromatic nitrogens is 4. The van der Waals surface area contributed by atoms with Gasteiger partial charge in [-0.05, 0) is 12.8 Å². The smallest absolute Gasteiger partial charge is 0.329 e. The van der Waals surface area contributed by atoms with Crippen LogP contribution in [0.1, 0.15) is 38.1 Å². The quantitative estimate of drug-likeness (QED) is 0.884. The molecule has 7 heteroatoms. The molecule has 0 saturated heterocycles. The molecule has 0 spiro atoms. The van der Waals surface area contributed by atoms with E-state index in [9.17, 15) is 9.59 Å². The van der Waals surface area contributed by atoms with Gasteiger partial charge in [-0.1, -0.05) is 19.3 Å². The molecule has 21 heavy (non-hydrogen) atoms. The highest BCUT2D eigenvalue weighted by atomic mass is 16.2. The number of rotatable bonds is 3. The molecule has 114 valence electrons. The van der Waals surface area contributed by atoms with E-state index in [4.69, 9.17) is 5.73 Å². The highest BCUT2D eigenvalue weighted by Gasteiger charge is 2.23. The Morgan fingerprint density at radius 3 is 2.67 bits per heavy atom. The molecule has 2 aromatic rings. The van der Waals surface area contributed by atoms with Crippen LogP contribution in [0.15, 0.2) is 15.9 Å². The van der Waals surface area contributed by atoms with Gasteiger partial charge in [-0.2, -0.15) is 0 Å². The Labute approximate surface area is 122 Å². The van der Waals surface area contributed by atoms with Gasteiger partial charge < -0.3 is 10.3 Å². The standard InChI is InChI=1S/C14H21N5O2/c1-17-13(20)11-12(16-9-18(11)8-7-15)19(14(17)21)10-5-3-2-4-6-10/h9-10H,2-8,15H2,1H3. The highest BCUT2D eigenvalue weighted by Crippen LogP contribution is 2.28. The van der Waals surface area contributed by atoms with Crippen LogP contribution in [0.3, 0.4) is 0 Å². The molecule has 7 nitrogen and oxygen atoms in total. The molecule has 0 bridgehead atoms. The number of hydrogen-bond donors (Lipinski definition) is 1. The summed E-state index contributed by atoms with van der Waals surface area (Å²) >= 11 is 0. The van der Waals surface area contributed by atoms with Crippen LogP contribution in [0, 0.1) is 0 Å². The van der Waals surface area contributed by atoms with Crippen LogP contribution >= 0.6 is 0 Å². The summed E-state index contributed by atoms with van der Waals surface area (Å²) in [7, 11) is 1.53. The van der Waals surface area contributed by atoms with Gasteiger partial charge in [0.15, 0.2) is 11.2 Å². The fourth-order valence-electron chi connectivity index (χ4n) is 3.24. The molecule has 1 aliphatic rings. The second-order valence-corrected chi connectivity index (χ2v) is 5.71. The van der Waals surface area contributed by atoms with Gasteiger partial charge in [0.2, 0.25) is 0 Å². The van der Waals surface area contributed by atoms with Crippen LogP contribution in [-0.4, -0.2) is 25.2 Å². The summed E-state index contributed by atoms with van der Waals surface area (Å²) in [5.74, 6) is 0. The monoisotopic (exact) mass is 291 g/mol. The van der Waals surface area contributed by atoms with Gasteiger partial charge in [-0.25, -0.2) is 9.78 Å². The number of nitrogens with two attached hydrogens (primary N) is 1. The van der Waals surface area contributed by atoms with Crippen molar-refractivity contribution in [1.82, 2.24) is 18.7 Å². The fourth-order valence-corrected chi connectivity index (χ4v) is 3.24. The van der Waals surface area contributed by atoms with E-state index in [0.717, 1.165) is 25.7 Å². The minimum Gasteiger partial charge on any atom is -0.329 e. The molecular formula is C14H21N5O2. The first-order valence-corrected chi connectivity index (χ1v) is 7.51. The maximum atomic E-state index is 12.5. The maximum absolute atomic E-state index is 12.5. The van der Waals surface area contributed by atoms with Crippen LogP contribution in [-0.2, 0) is 13.6 Å². The molecule has 2 heterocycles. The van der Waals surface area contributed by atoms with Crippen molar-refractivity contribution in [2.24, 2.45) is 12.8 Å². The van der Waals surface area contributed by atoms with E-state index in [-0.39, 0.29) is 17.3 Å². The van der Waals surface area contributed by atoms with E-state index < -0.39 is 0 Å². The number of nitrogens with zero attached hydrogens (tertiary/aromatic N) is 4. The van der Waals surface area contributed by atoms with Crippen LogP contribution in [0.4, 0.5) is 0 Å². The van der Waals surface area contributed by atoms with Gasteiger partial charge in [-0.3, -0.25) is 13.9 Å². The molecule has 2 N–H and O–H groups in total. The van der Waals surface area contributed by atoms with Gasteiger partial charge in [0.1, 0.15) is 0 Å². The lowest BCUT2D eigenvalue weighted by Gasteiger charge is -2.24. The summed E-state index contributed by atoms with van der Waals surface area (Å²) in [6.07, 6.45) is 6.99. The first-order valence-electron chi connectivity index (χ1n) is 7.51. The van der Waals surface area contributed by atoms with Crippen molar-refractivity contribution in [1.29, 1.82) is 0 Å². The summed E-state index contributed by atoms with van der Waals surface area (Å²) < 4.78 is 4.64. The van der Waals surface area contributed by atoms with Gasteiger partial charge in [-0.15, -0.1) is 0 Å². The molecule has 3 rings (SSSR count). The molecule has 0 aliphatic heterocycles. The Kier molecular flexibility index (Phi) is 3.67. The Balaban J connectivity index is 2.28. The van der Waals surface area contributed by atoms with Crippen LogP contribution in [0.25, 0.3) is 11.2 Å². The SMILES string of the molecule is Cn1c(=O)c2c(ncn2CCN)n(C2CCCCC2)c1=O. The molecule has 0 atom stereocenters. The van der Waals surface area contributed by atoms with E-state index in [1.54, 1.807) is 15.5 Å². The van der Waals surface area contributed by atoms with Crippen molar-refractivity contribution in [3.05, 3.63) is 27.2 Å². The van der Waals surface area contributed by atoms with Gasteiger partial charge in [0.05, 0.1) is 6.33 Å². The second-order valence-electron chi connectivity index (χ2n) is 5.71. The van der Waals surface area contributed by atoms with Gasteiger partial charge >= 0.3 is 5.69 Å². The van der Waals surface area contributed by atoms with Crippen molar-refractivity contribution in [3.8, 4) is 0 Å². The number of hydrogen-bond acceptors (Lipinski definition) is 4. The van der Waals surface area contributed by atoms with Crippen LogP contribution in [0.5, 0.6) is 0 Å². The predicted molar refractivity (Wildman–Crippen MR) is 80.4 cm³/mol. The van der Waals surface area contributed by atoms with Crippen molar-refractivity contribution in [2.45, 2.75) is 44.7 Å². The first-order chi connectivity index (χ1) is 10.1. The largest absolute Gasteiger partial charge is 0.332 e. The predicted octanol–water partition coefficient (Wildman–Crippen LogP) is 0.361. The lowest BCUT2D eigenvalue weighted by Crippen LogP contribution is -2.40. The highest BCUT2D eigenvalue weighted by molar-refractivity contribution is 5.70. The maximum Gasteiger partial charge on any atom is 0.332 e. The van der Waals surface area contributed by atoms with Gasteiger partial charge in [0, 0.05) is 26.2 Å². The summed E-state index contributed by atoms with van der Waals surface area (Å²) in [4.78, 5) is 29.2. The van der Waals surface area contributed by atoms with Gasteiger partial charge in [0.25, 0.3) is 5.56 Å². The van der Waals surface area contributed by atoms with E-state index in [0.29, 0.717) is 24.3 Å². The molecular weight excluding hydrogens is 270 g/mol. The van der Waals surface area contributed by atoms with E-state index in [1.807, 2.05) is 0 Å². The number of fused-ring (bicyclic) bond motifs is 1. The summed E-state index contributed by atoms with van der Waals surface area (Å²) in [5.41, 5.74) is 6.00. The van der Waals surface area contributed by atoms with Crippen molar-refractivity contribution in [2.75, 3.05) is 6.54 Å². The lowest BCUT2D eigenvalue weighted by molar-refractivity contribution is 0.344. The zero-order valence-electron chi connectivity index (χ0n) is 12.3. The zero-order chi connectivity index (χ0) is 15.0. The summed E-state index contributed by atoms with van der Waals surface area (Å²) in [5, 5.41) is 0. The normalized spacial score (nSPS) is 16.7. The fraction of sp³-hybridized carbons (Fsp3) is 0.643. The molecule has 1 fully saturated rings. The van der Waals surface area contributed by atoms with Crippen molar-refractivity contribution in [3.63, 3.8) is 0 Å². The Morgan fingerprint density at radius 1 is 1.29 bits per heavy atom. The molecule has 0 amide bonds. The average Bonchev–Trinajstić information content (AvgIpc) is 2.90. The third kappa shape index (κ3) is 2.21. The zero-order valence-corrected chi connectivity index (χ0v) is 12.3. The molecule has 0 aromatic carbocycles. The minimum absolute atomic E-state index is 0.141. The second kappa shape index (κ2) is 5.48. The Hall–Kier alpha value is -1.89. The van der Waals surface area contributed by atoms with E-state index in [1.165, 1.54) is 18.0 Å². The molecule has 1 aliphatic carbocycles. The van der Waals surface area contributed by atoms with Crippen LogP contribution < -0.4 is 17.0 Å². The summed E-state index contributed by atoms with van der Waals surface area (Å²) in [6, 6.07) is 0.141. The van der Waals surface area contributed by atoms with Crippen LogP contribution in [0.2, 0.25) is 0 Å². The average molecular weight is 291 g/mol. The molecule has 1 saturated carbocycles. The molecule has 0 unspecified atom stereocenters. The van der Waals surface area contributed by atoms with Crippen molar-refractivity contribution < 1.29 is 0 Å². The topological polar surface area (TPSA) is 87.8 Å².